The van der Waals surface area contributed by atoms with Crippen LogP contribution in [-0.2, 0) is 20.7 Å². The zero-order valence-corrected chi connectivity index (χ0v) is 15.4. The Kier molecular flexibility index (Phi) is 6.28. The molecule has 0 fully saturated rings. The average Bonchev–Trinajstić information content (AvgIpc) is 3.19. The number of para-hydroxylation sites is 1. The predicted octanol–water partition coefficient (Wildman–Crippen LogP) is 3.52. The molecule has 0 aliphatic rings. The Morgan fingerprint density at radius 1 is 1.10 bits per heavy atom. The molecule has 1 heterocycles. The van der Waals surface area contributed by atoms with Crippen molar-refractivity contribution in [2.24, 2.45) is 0 Å². The summed E-state index contributed by atoms with van der Waals surface area (Å²) in [6, 6.07) is 12.4. The second-order valence-corrected chi connectivity index (χ2v) is 6.10. The number of halogens is 2. The van der Waals surface area contributed by atoms with E-state index in [0.717, 1.165) is 17.7 Å². The number of carbonyl (C=O) groups excluding carboxylic acids is 2. The van der Waals surface area contributed by atoms with Gasteiger partial charge < -0.3 is 14.6 Å². The minimum atomic E-state index is -1.25. The maximum Gasteiger partial charge on any atom is 0.307 e. The third-order valence-electron chi connectivity index (χ3n) is 3.93. The molecule has 1 aromatic heterocycles. The van der Waals surface area contributed by atoms with Crippen LogP contribution in [0.1, 0.15) is 19.2 Å². The van der Waals surface area contributed by atoms with Crippen LogP contribution in [0.4, 0.5) is 14.5 Å². The van der Waals surface area contributed by atoms with Crippen molar-refractivity contribution in [2.75, 3.05) is 5.32 Å². The maximum absolute atomic E-state index is 13.6. The number of rotatable bonds is 7. The van der Waals surface area contributed by atoms with E-state index < -0.39 is 35.3 Å². The van der Waals surface area contributed by atoms with Crippen LogP contribution >= 0.6 is 0 Å². The molecule has 0 saturated heterocycles. The van der Waals surface area contributed by atoms with Gasteiger partial charge in [0.05, 0.1) is 6.42 Å². The zero-order valence-electron chi connectivity index (χ0n) is 15.4. The van der Waals surface area contributed by atoms with Crippen molar-refractivity contribution in [2.45, 2.75) is 25.9 Å². The molecular formula is C20H17F2N3O4. The molecule has 0 spiro atoms. The minimum absolute atomic E-state index is 0.109. The normalized spacial score (nSPS) is 11.7. The van der Waals surface area contributed by atoms with Crippen LogP contribution in [-0.4, -0.2) is 28.1 Å². The Balaban J connectivity index is 1.50. The lowest BCUT2D eigenvalue weighted by Crippen LogP contribution is -2.30. The quantitative estimate of drug-likeness (QED) is 0.609. The Morgan fingerprint density at radius 2 is 1.79 bits per heavy atom. The molecule has 1 amide bonds. The first-order chi connectivity index (χ1) is 13.9. The first kappa shape index (κ1) is 20.1. The molecule has 9 heteroatoms. The van der Waals surface area contributed by atoms with Crippen LogP contribution in [0.15, 0.2) is 53.1 Å². The third kappa shape index (κ3) is 5.22. The SMILES string of the molecule is C[C@@H](OC(=O)CCc1nc(-c2ccccc2)no1)C(=O)Nc1c(F)cccc1F. The molecule has 7 nitrogen and oxygen atoms in total. The number of anilines is 1. The zero-order chi connectivity index (χ0) is 20.8. The van der Waals surface area contributed by atoms with Crippen LogP contribution in [0.2, 0.25) is 0 Å². The van der Waals surface area contributed by atoms with E-state index in [1.807, 2.05) is 30.3 Å². The van der Waals surface area contributed by atoms with Gasteiger partial charge in [-0.1, -0.05) is 41.6 Å². The number of carbonyl (C=O) groups is 2. The summed E-state index contributed by atoms with van der Waals surface area (Å²) < 4.78 is 37.3. The van der Waals surface area contributed by atoms with E-state index in [1.165, 1.54) is 13.0 Å². The molecule has 3 aromatic rings. The number of benzene rings is 2. The van der Waals surface area contributed by atoms with Gasteiger partial charge in [-0.3, -0.25) is 9.59 Å². The van der Waals surface area contributed by atoms with Gasteiger partial charge in [-0.2, -0.15) is 4.98 Å². The molecule has 2 aromatic carbocycles. The van der Waals surface area contributed by atoms with Gasteiger partial charge in [0, 0.05) is 12.0 Å². The van der Waals surface area contributed by atoms with Crippen LogP contribution in [0.3, 0.4) is 0 Å². The van der Waals surface area contributed by atoms with E-state index in [9.17, 15) is 18.4 Å². The van der Waals surface area contributed by atoms with E-state index in [0.29, 0.717) is 5.82 Å². The lowest BCUT2D eigenvalue weighted by atomic mass is 10.2. The number of aromatic nitrogens is 2. The van der Waals surface area contributed by atoms with Crippen molar-refractivity contribution in [1.82, 2.24) is 10.1 Å². The van der Waals surface area contributed by atoms with Crippen molar-refractivity contribution in [3.63, 3.8) is 0 Å². The van der Waals surface area contributed by atoms with Gasteiger partial charge in [0.25, 0.3) is 5.91 Å². The summed E-state index contributed by atoms with van der Waals surface area (Å²) in [6.07, 6.45) is -1.24. The van der Waals surface area contributed by atoms with Gasteiger partial charge in [0.1, 0.15) is 17.3 Å². The molecule has 0 radical (unpaired) electrons. The Labute approximate surface area is 164 Å². The van der Waals surface area contributed by atoms with Crippen molar-refractivity contribution >= 4 is 17.6 Å². The summed E-state index contributed by atoms with van der Waals surface area (Å²) in [7, 11) is 0. The second-order valence-electron chi connectivity index (χ2n) is 6.10. The highest BCUT2D eigenvalue weighted by Crippen LogP contribution is 2.19. The molecule has 0 aliphatic heterocycles. The average molecular weight is 401 g/mol. The summed E-state index contributed by atoms with van der Waals surface area (Å²) in [5.74, 6) is -2.77. The van der Waals surface area contributed by atoms with Crippen LogP contribution < -0.4 is 5.32 Å². The Hall–Kier alpha value is -3.62. The molecule has 0 aliphatic carbocycles. The number of nitrogens with zero attached hydrogens (tertiary/aromatic N) is 2. The number of hydrogen-bond acceptors (Lipinski definition) is 6. The van der Waals surface area contributed by atoms with Crippen molar-refractivity contribution in [3.05, 3.63) is 66.1 Å². The summed E-state index contributed by atoms with van der Waals surface area (Å²) in [5.41, 5.74) is 0.176. The topological polar surface area (TPSA) is 94.3 Å². The largest absolute Gasteiger partial charge is 0.453 e. The Morgan fingerprint density at radius 3 is 2.48 bits per heavy atom. The van der Waals surface area contributed by atoms with Gasteiger partial charge >= 0.3 is 5.97 Å². The van der Waals surface area contributed by atoms with E-state index in [-0.39, 0.29) is 18.7 Å². The summed E-state index contributed by atoms with van der Waals surface area (Å²) in [6.45, 7) is 1.30. The first-order valence-corrected chi connectivity index (χ1v) is 8.76. The molecule has 150 valence electrons. The second kappa shape index (κ2) is 9.05. The summed E-state index contributed by atoms with van der Waals surface area (Å²) in [5, 5.41) is 5.92. The van der Waals surface area contributed by atoms with Gasteiger partial charge in [0.2, 0.25) is 11.7 Å². The van der Waals surface area contributed by atoms with Crippen LogP contribution in [0.25, 0.3) is 11.4 Å². The number of esters is 1. The van der Waals surface area contributed by atoms with Crippen LogP contribution in [0, 0.1) is 11.6 Å². The lowest BCUT2D eigenvalue weighted by Gasteiger charge is -2.14. The molecule has 0 bridgehead atoms. The first-order valence-electron chi connectivity index (χ1n) is 8.76. The molecule has 1 atom stereocenters. The standard InChI is InChI=1S/C20H17F2N3O4/c1-12(20(27)24-18-14(21)8-5-9-15(18)22)28-17(26)11-10-16-23-19(25-29-16)13-6-3-2-4-7-13/h2-9,12H,10-11H2,1H3,(H,24,27)/t12-/m1/s1. The fourth-order valence-electron chi connectivity index (χ4n) is 2.42. The summed E-state index contributed by atoms with van der Waals surface area (Å²) in [4.78, 5) is 28.2. The highest BCUT2D eigenvalue weighted by Gasteiger charge is 2.21. The van der Waals surface area contributed by atoms with E-state index in [2.05, 4.69) is 15.5 Å². The van der Waals surface area contributed by atoms with E-state index >= 15 is 0 Å². The minimum Gasteiger partial charge on any atom is -0.453 e. The number of amides is 1. The van der Waals surface area contributed by atoms with Gasteiger partial charge in [-0.15, -0.1) is 0 Å². The maximum atomic E-state index is 13.6. The monoisotopic (exact) mass is 401 g/mol. The van der Waals surface area contributed by atoms with Crippen molar-refractivity contribution < 1.29 is 27.6 Å². The smallest absolute Gasteiger partial charge is 0.307 e. The Bertz CT molecular complexity index is 988. The molecule has 0 saturated carbocycles. The predicted molar refractivity (Wildman–Crippen MR) is 98.6 cm³/mol. The highest BCUT2D eigenvalue weighted by molar-refractivity contribution is 5.95. The molecular weight excluding hydrogens is 384 g/mol. The van der Waals surface area contributed by atoms with Crippen LogP contribution in [0.5, 0.6) is 0 Å². The molecule has 0 unspecified atom stereocenters. The number of ether oxygens (including phenoxy) is 1. The van der Waals surface area contributed by atoms with E-state index in [4.69, 9.17) is 9.26 Å². The highest BCUT2D eigenvalue weighted by atomic mass is 19.1. The molecule has 29 heavy (non-hydrogen) atoms. The lowest BCUT2D eigenvalue weighted by molar-refractivity contribution is -0.153. The van der Waals surface area contributed by atoms with Gasteiger partial charge in [-0.05, 0) is 19.1 Å². The van der Waals surface area contributed by atoms with Crippen molar-refractivity contribution in [3.8, 4) is 11.4 Å². The molecule has 1 N–H and O–H groups in total. The fraction of sp³-hybridized carbons (Fsp3) is 0.200. The molecule has 3 rings (SSSR count). The fourth-order valence-corrected chi connectivity index (χ4v) is 2.42. The number of aryl methyl sites for hydroxylation is 1. The van der Waals surface area contributed by atoms with E-state index in [1.54, 1.807) is 0 Å². The number of nitrogens with one attached hydrogen (secondary N) is 1. The van der Waals surface area contributed by atoms with Crippen molar-refractivity contribution in [1.29, 1.82) is 0 Å². The third-order valence-corrected chi connectivity index (χ3v) is 3.93. The number of hydrogen-bond donors (Lipinski definition) is 1. The van der Waals surface area contributed by atoms with Gasteiger partial charge in [0.15, 0.2) is 6.10 Å². The summed E-state index contributed by atoms with van der Waals surface area (Å²) >= 11 is 0. The van der Waals surface area contributed by atoms with Gasteiger partial charge in [-0.25, -0.2) is 8.78 Å².